The van der Waals surface area contributed by atoms with E-state index in [2.05, 4.69) is 12.2 Å². The van der Waals surface area contributed by atoms with Gasteiger partial charge in [0.2, 0.25) is 0 Å². The quantitative estimate of drug-likeness (QED) is 0.639. The maximum atomic E-state index is 11.2. The Balaban J connectivity index is 2.26. The van der Waals surface area contributed by atoms with Crippen molar-refractivity contribution < 1.29 is 14.4 Å². The summed E-state index contributed by atoms with van der Waals surface area (Å²) in [6.07, 6.45) is 3.54. The van der Waals surface area contributed by atoms with Gasteiger partial charge in [0.25, 0.3) is 5.69 Å². The molecule has 0 heterocycles. The van der Waals surface area contributed by atoms with Crippen molar-refractivity contribution in [2.75, 3.05) is 26.1 Å². The lowest BCUT2D eigenvalue weighted by Crippen LogP contribution is -2.33. The summed E-state index contributed by atoms with van der Waals surface area (Å²) >= 11 is 0. The molecule has 0 saturated heterocycles. The number of nitrogens with one attached hydrogen (secondary N) is 1. The molecule has 0 bridgehead atoms. The van der Waals surface area contributed by atoms with Crippen molar-refractivity contribution in [2.45, 2.75) is 26.2 Å². The number of nitro benzene ring substituents is 1. The molecule has 1 aromatic carbocycles. The topological polar surface area (TPSA) is 73.6 Å². The lowest BCUT2D eigenvalue weighted by atomic mass is 9.70. The lowest BCUT2D eigenvalue weighted by molar-refractivity contribution is -0.384. The van der Waals surface area contributed by atoms with Crippen molar-refractivity contribution in [3.8, 4) is 11.5 Å². The summed E-state index contributed by atoms with van der Waals surface area (Å²) in [6, 6.07) is 3.02. The molecule has 0 unspecified atom stereocenters. The van der Waals surface area contributed by atoms with Crippen LogP contribution in [0, 0.1) is 15.5 Å². The largest absolute Gasteiger partial charge is 0.493 e. The zero-order chi connectivity index (χ0) is 14.8. The van der Waals surface area contributed by atoms with Crippen LogP contribution >= 0.6 is 0 Å². The van der Waals surface area contributed by atoms with Gasteiger partial charge in [0.1, 0.15) is 5.69 Å². The van der Waals surface area contributed by atoms with Crippen molar-refractivity contribution in [1.29, 1.82) is 0 Å². The van der Waals surface area contributed by atoms with Crippen molar-refractivity contribution in [1.82, 2.24) is 0 Å². The van der Waals surface area contributed by atoms with Gasteiger partial charge in [-0.3, -0.25) is 10.1 Å². The number of ether oxygens (including phenoxy) is 2. The first-order valence-electron chi connectivity index (χ1n) is 6.63. The molecule has 0 amide bonds. The lowest BCUT2D eigenvalue weighted by Gasteiger charge is -2.38. The van der Waals surface area contributed by atoms with Crippen LogP contribution in [0.3, 0.4) is 0 Å². The highest BCUT2D eigenvalue weighted by Crippen LogP contribution is 2.42. The van der Waals surface area contributed by atoms with E-state index in [1.807, 2.05) is 0 Å². The first-order chi connectivity index (χ1) is 9.49. The molecular weight excluding hydrogens is 260 g/mol. The second-order valence-corrected chi connectivity index (χ2v) is 5.50. The minimum absolute atomic E-state index is 0.00516. The highest BCUT2D eigenvalue weighted by Gasteiger charge is 2.32. The molecule has 6 heteroatoms. The average molecular weight is 280 g/mol. The summed E-state index contributed by atoms with van der Waals surface area (Å²) in [5.41, 5.74) is 0.715. The predicted octanol–water partition coefficient (Wildman–Crippen LogP) is 3.21. The summed E-state index contributed by atoms with van der Waals surface area (Å²) < 4.78 is 10.3. The normalized spacial score (nSPS) is 16.1. The number of rotatable bonds is 6. The van der Waals surface area contributed by atoms with Gasteiger partial charge in [0.15, 0.2) is 11.5 Å². The first-order valence-corrected chi connectivity index (χ1v) is 6.63. The number of nitrogens with zero attached hydrogens (tertiary/aromatic N) is 1. The molecular formula is C14H20N2O4. The minimum atomic E-state index is -0.409. The van der Waals surface area contributed by atoms with Crippen molar-refractivity contribution >= 4 is 11.4 Å². The summed E-state index contributed by atoms with van der Waals surface area (Å²) in [4.78, 5) is 10.8. The Hall–Kier alpha value is -1.98. The maximum Gasteiger partial charge on any atom is 0.296 e. The fraction of sp³-hybridized carbons (Fsp3) is 0.571. The Morgan fingerprint density at radius 3 is 2.35 bits per heavy atom. The number of anilines is 1. The molecule has 1 aliphatic rings. The molecule has 1 aromatic rings. The predicted molar refractivity (Wildman–Crippen MR) is 76.6 cm³/mol. The van der Waals surface area contributed by atoms with Gasteiger partial charge >= 0.3 is 0 Å². The Kier molecular flexibility index (Phi) is 4.01. The van der Waals surface area contributed by atoms with E-state index in [0.29, 0.717) is 17.2 Å². The van der Waals surface area contributed by atoms with Crippen LogP contribution in [0.1, 0.15) is 26.2 Å². The van der Waals surface area contributed by atoms with Gasteiger partial charge < -0.3 is 14.8 Å². The number of benzene rings is 1. The third kappa shape index (κ3) is 2.79. The molecule has 20 heavy (non-hydrogen) atoms. The fourth-order valence-corrected chi connectivity index (χ4v) is 2.43. The first kappa shape index (κ1) is 14.4. The molecule has 2 rings (SSSR count). The van der Waals surface area contributed by atoms with Crippen LogP contribution in [0.4, 0.5) is 11.4 Å². The van der Waals surface area contributed by atoms with Crippen LogP contribution in [0.5, 0.6) is 11.5 Å². The molecule has 0 spiro atoms. The highest BCUT2D eigenvalue weighted by atomic mass is 16.6. The van der Waals surface area contributed by atoms with Gasteiger partial charge in [-0.2, -0.15) is 0 Å². The van der Waals surface area contributed by atoms with Gasteiger partial charge in [-0.1, -0.05) is 13.3 Å². The van der Waals surface area contributed by atoms with Crippen LogP contribution in [-0.2, 0) is 0 Å². The number of methoxy groups -OCH3 is 2. The zero-order valence-corrected chi connectivity index (χ0v) is 12.1. The third-order valence-electron chi connectivity index (χ3n) is 3.96. The smallest absolute Gasteiger partial charge is 0.296 e. The minimum Gasteiger partial charge on any atom is -0.493 e. The van der Waals surface area contributed by atoms with Crippen LogP contribution in [0.2, 0.25) is 0 Å². The van der Waals surface area contributed by atoms with E-state index in [0.717, 1.165) is 19.4 Å². The summed E-state index contributed by atoms with van der Waals surface area (Å²) in [7, 11) is 2.98. The third-order valence-corrected chi connectivity index (χ3v) is 3.96. The molecule has 1 fully saturated rings. The van der Waals surface area contributed by atoms with E-state index in [1.54, 1.807) is 6.07 Å². The number of nitro groups is 1. The molecule has 110 valence electrons. The van der Waals surface area contributed by atoms with Crippen molar-refractivity contribution in [2.24, 2.45) is 5.41 Å². The van der Waals surface area contributed by atoms with Crippen LogP contribution in [0.25, 0.3) is 0 Å². The molecule has 1 aliphatic carbocycles. The van der Waals surface area contributed by atoms with E-state index in [4.69, 9.17) is 9.47 Å². The Bertz CT molecular complexity index is 512. The number of hydrogen-bond acceptors (Lipinski definition) is 5. The molecule has 0 atom stereocenters. The van der Waals surface area contributed by atoms with Crippen molar-refractivity contribution in [3.63, 3.8) is 0 Å². The number of hydrogen-bond donors (Lipinski definition) is 1. The van der Waals surface area contributed by atoms with Crippen molar-refractivity contribution in [3.05, 3.63) is 22.2 Å². The molecule has 0 radical (unpaired) electrons. The Labute approximate surface area is 118 Å². The summed E-state index contributed by atoms with van der Waals surface area (Å²) in [5.74, 6) is 0.846. The zero-order valence-electron chi connectivity index (χ0n) is 12.1. The summed E-state index contributed by atoms with van der Waals surface area (Å²) in [6.45, 7) is 2.92. The highest BCUT2D eigenvalue weighted by molar-refractivity contribution is 5.68. The molecule has 6 nitrogen and oxygen atoms in total. The SMILES string of the molecule is COc1cc(NCC2(C)CCC2)c([N+](=O)[O-])cc1OC. The van der Waals surface area contributed by atoms with Crippen LogP contribution in [0.15, 0.2) is 12.1 Å². The Morgan fingerprint density at radius 2 is 1.90 bits per heavy atom. The second-order valence-electron chi connectivity index (χ2n) is 5.50. The van der Waals surface area contributed by atoms with Gasteiger partial charge in [0.05, 0.1) is 25.2 Å². The van der Waals surface area contributed by atoms with Crippen LogP contribution in [-0.4, -0.2) is 25.7 Å². The Morgan fingerprint density at radius 1 is 1.30 bits per heavy atom. The van der Waals surface area contributed by atoms with Gasteiger partial charge in [-0.15, -0.1) is 0 Å². The standard InChI is InChI=1S/C14H20N2O4/c1-14(5-4-6-14)9-15-10-7-12(19-2)13(20-3)8-11(10)16(17)18/h7-8,15H,4-6,9H2,1-3H3. The molecule has 1 N–H and O–H groups in total. The maximum absolute atomic E-state index is 11.2. The fourth-order valence-electron chi connectivity index (χ4n) is 2.43. The van der Waals surface area contributed by atoms with Gasteiger partial charge in [-0.25, -0.2) is 0 Å². The van der Waals surface area contributed by atoms with E-state index < -0.39 is 4.92 Å². The van der Waals surface area contributed by atoms with E-state index in [-0.39, 0.29) is 11.1 Å². The molecule has 1 saturated carbocycles. The van der Waals surface area contributed by atoms with Gasteiger partial charge in [0, 0.05) is 12.6 Å². The van der Waals surface area contributed by atoms with E-state index in [9.17, 15) is 10.1 Å². The van der Waals surface area contributed by atoms with Gasteiger partial charge in [-0.05, 0) is 18.3 Å². The molecule has 0 aromatic heterocycles. The van der Waals surface area contributed by atoms with E-state index in [1.165, 1.54) is 26.7 Å². The molecule has 0 aliphatic heterocycles. The second kappa shape index (κ2) is 5.56. The van der Waals surface area contributed by atoms with E-state index >= 15 is 0 Å². The average Bonchev–Trinajstić information content (AvgIpc) is 2.41. The monoisotopic (exact) mass is 280 g/mol. The van der Waals surface area contributed by atoms with Crippen LogP contribution < -0.4 is 14.8 Å². The summed E-state index contributed by atoms with van der Waals surface area (Å²) in [5, 5.41) is 14.4.